The van der Waals surface area contributed by atoms with Crippen molar-refractivity contribution in [2.75, 3.05) is 26.4 Å². The number of aliphatic hydroxyl groups is 4. The van der Waals surface area contributed by atoms with Gasteiger partial charge in [0.2, 0.25) is 0 Å². The molecule has 0 amide bonds. The van der Waals surface area contributed by atoms with Crippen LogP contribution in [-0.4, -0.2) is 89.6 Å². The van der Waals surface area contributed by atoms with E-state index < -0.39 is 43.4 Å². The Morgan fingerprint density at radius 1 is 0.533 bits per heavy atom. The van der Waals surface area contributed by atoms with Gasteiger partial charge in [-0.1, -0.05) is 163 Å². The minimum Gasteiger partial charge on any atom is -0.457 e. The highest BCUT2D eigenvalue weighted by Crippen LogP contribution is 2.22. The number of esters is 1. The van der Waals surface area contributed by atoms with E-state index in [0.29, 0.717) is 13.0 Å². The average molecular weight is 843 g/mol. The van der Waals surface area contributed by atoms with Crippen molar-refractivity contribution in [1.82, 2.24) is 0 Å². The van der Waals surface area contributed by atoms with E-state index in [9.17, 15) is 25.2 Å². The van der Waals surface area contributed by atoms with E-state index in [1.165, 1.54) is 44.9 Å². The van der Waals surface area contributed by atoms with Crippen LogP contribution in [-0.2, 0) is 23.7 Å². The molecule has 344 valence electrons. The number of rotatable bonds is 39. The summed E-state index contributed by atoms with van der Waals surface area (Å²) in [7, 11) is 0. The van der Waals surface area contributed by atoms with Crippen LogP contribution in [0.15, 0.2) is 85.1 Å². The van der Waals surface area contributed by atoms with Crippen LogP contribution in [0.1, 0.15) is 168 Å². The zero-order valence-corrected chi connectivity index (χ0v) is 37.7. The van der Waals surface area contributed by atoms with Gasteiger partial charge >= 0.3 is 5.97 Å². The smallest absolute Gasteiger partial charge is 0.306 e. The molecular formula is C51H86O9. The highest BCUT2D eigenvalue weighted by Gasteiger charge is 2.44. The SMILES string of the molecule is CC/C=C\C/C=C\C/C=C\C/C=C\CCCCCCCCC(=O)OC(COCCCCCCCCCC/C=C\C/C=C\C/C=C\CC)COC1OC(CO)C(O)C(O)C1O. The highest BCUT2D eigenvalue weighted by molar-refractivity contribution is 5.69. The van der Waals surface area contributed by atoms with Gasteiger partial charge in [-0.3, -0.25) is 4.79 Å². The normalized spacial score (nSPS) is 20.8. The molecule has 0 aliphatic carbocycles. The number of allylic oxidation sites excluding steroid dienone is 14. The van der Waals surface area contributed by atoms with Gasteiger partial charge in [0.05, 0.1) is 19.8 Å². The van der Waals surface area contributed by atoms with Gasteiger partial charge in [-0.25, -0.2) is 0 Å². The third-order valence-electron chi connectivity index (χ3n) is 10.3. The molecule has 9 nitrogen and oxygen atoms in total. The molecular weight excluding hydrogens is 757 g/mol. The molecule has 1 heterocycles. The quantitative estimate of drug-likeness (QED) is 0.0271. The fourth-order valence-corrected chi connectivity index (χ4v) is 6.67. The topological polar surface area (TPSA) is 135 Å². The van der Waals surface area contributed by atoms with Crippen molar-refractivity contribution in [3.05, 3.63) is 85.1 Å². The summed E-state index contributed by atoms with van der Waals surface area (Å²) in [5.41, 5.74) is 0. The van der Waals surface area contributed by atoms with Gasteiger partial charge < -0.3 is 39.4 Å². The lowest BCUT2D eigenvalue weighted by atomic mass is 9.99. The lowest BCUT2D eigenvalue weighted by Crippen LogP contribution is -2.59. The van der Waals surface area contributed by atoms with Crippen LogP contribution in [0.4, 0.5) is 0 Å². The molecule has 6 atom stereocenters. The second kappa shape index (κ2) is 41.7. The average Bonchev–Trinajstić information content (AvgIpc) is 3.25. The fraction of sp³-hybridized carbons (Fsp3) is 0.706. The van der Waals surface area contributed by atoms with Gasteiger partial charge in [0, 0.05) is 13.0 Å². The van der Waals surface area contributed by atoms with Gasteiger partial charge in [0.25, 0.3) is 0 Å². The molecule has 1 fully saturated rings. The Bertz CT molecular complexity index is 1190. The van der Waals surface area contributed by atoms with Gasteiger partial charge in [-0.15, -0.1) is 0 Å². The van der Waals surface area contributed by atoms with Crippen molar-refractivity contribution < 1.29 is 44.2 Å². The summed E-state index contributed by atoms with van der Waals surface area (Å²) in [5.74, 6) is -0.334. The van der Waals surface area contributed by atoms with Crippen molar-refractivity contribution in [2.24, 2.45) is 0 Å². The van der Waals surface area contributed by atoms with Crippen LogP contribution < -0.4 is 0 Å². The maximum atomic E-state index is 12.8. The van der Waals surface area contributed by atoms with Gasteiger partial charge in [0.15, 0.2) is 6.29 Å². The Hall–Kier alpha value is -2.63. The molecule has 0 bridgehead atoms. The Morgan fingerprint density at radius 3 is 1.45 bits per heavy atom. The van der Waals surface area contributed by atoms with Gasteiger partial charge in [-0.2, -0.15) is 0 Å². The maximum Gasteiger partial charge on any atom is 0.306 e. The molecule has 0 saturated carbocycles. The number of hydrogen-bond acceptors (Lipinski definition) is 9. The van der Waals surface area contributed by atoms with E-state index in [4.69, 9.17) is 18.9 Å². The molecule has 1 aliphatic rings. The van der Waals surface area contributed by atoms with E-state index in [1.54, 1.807) is 0 Å². The van der Waals surface area contributed by atoms with Crippen molar-refractivity contribution >= 4 is 5.97 Å². The standard InChI is InChI=1S/C51H86O9/c1-3-5-7-9-11-13-15-17-19-21-23-24-26-28-30-32-34-36-38-40-47(53)59-45(44-58-51-50(56)49(55)48(54)46(42-52)60-51)43-57-41-39-37-35-33-31-29-27-25-22-20-18-16-14-12-10-8-6-4-2/h5-8,11-14,17-20,23-24,45-46,48-52,54-56H,3-4,9-10,15-16,21-22,25-44H2,1-2H3/b7-5-,8-6-,13-11-,14-12-,19-17-,20-18-,24-23-. The molecule has 1 rings (SSSR count). The van der Waals surface area contributed by atoms with Crippen LogP contribution >= 0.6 is 0 Å². The molecule has 9 heteroatoms. The van der Waals surface area contributed by atoms with Crippen molar-refractivity contribution in [3.8, 4) is 0 Å². The first kappa shape index (κ1) is 55.4. The van der Waals surface area contributed by atoms with E-state index in [0.717, 1.165) is 103 Å². The van der Waals surface area contributed by atoms with Gasteiger partial charge in [0.1, 0.15) is 30.5 Å². The monoisotopic (exact) mass is 843 g/mol. The zero-order chi connectivity index (χ0) is 43.6. The number of carbonyl (C=O) groups is 1. The zero-order valence-electron chi connectivity index (χ0n) is 37.7. The second-order valence-electron chi connectivity index (χ2n) is 15.8. The molecule has 60 heavy (non-hydrogen) atoms. The van der Waals surface area contributed by atoms with Crippen molar-refractivity contribution in [3.63, 3.8) is 0 Å². The van der Waals surface area contributed by atoms with E-state index in [1.807, 2.05) is 0 Å². The third-order valence-corrected chi connectivity index (χ3v) is 10.3. The molecule has 1 aliphatic heterocycles. The molecule has 4 N–H and O–H groups in total. The summed E-state index contributed by atoms with van der Waals surface area (Å²) in [6.45, 7) is 4.29. The number of aliphatic hydroxyl groups excluding tert-OH is 4. The predicted molar refractivity (Wildman–Crippen MR) is 247 cm³/mol. The van der Waals surface area contributed by atoms with Crippen LogP contribution in [0.2, 0.25) is 0 Å². The summed E-state index contributed by atoms with van der Waals surface area (Å²) >= 11 is 0. The summed E-state index contributed by atoms with van der Waals surface area (Å²) in [6, 6.07) is 0. The Balaban J connectivity index is 2.27. The summed E-state index contributed by atoms with van der Waals surface area (Å²) < 4.78 is 22.8. The Kier molecular flexibility index (Phi) is 38.5. The van der Waals surface area contributed by atoms with Crippen molar-refractivity contribution in [1.29, 1.82) is 0 Å². The van der Waals surface area contributed by atoms with Crippen LogP contribution in [0.25, 0.3) is 0 Å². The Labute approximate surface area is 365 Å². The number of carbonyl (C=O) groups excluding carboxylic acids is 1. The maximum absolute atomic E-state index is 12.8. The first-order valence-electron chi connectivity index (χ1n) is 23.7. The minimum atomic E-state index is -1.55. The molecule has 0 aromatic carbocycles. The number of hydrogen-bond donors (Lipinski definition) is 4. The van der Waals surface area contributed by atoms with Crippen LogP contribution in [0.3, 0.4) is 0 Å². The number of ether oxygens (including phenoxy) is 4. The van der Waals surface area contributed by atoms with Gasteiger partial charge in [-0.05, 0) is 83.5 Å². The highest BCUT2D eigenvalue weighted by atomic mass is 16.7. The third kappa shape index (κ3) is 32.1. The number of unbranched alkanes of at least 4 members (excludes halogenated alkanes) is 14. The lowest BCUT2D eigenvalue weighted by Gasteiger charge is -2.39. The fourth-order valence-electron chi connectivity index (χ4n) is 6.67. The summed E-state index contributed by atoms with van der Waals surface area (Å²) in [6.07, 6.45) is 48.9. The largest absolute Gasteiger partial charge is 0.457 e. The van der Waals surface area contributed by atoms with Crippen LogP contribution in [0, 0.1) is 0 Å². The minimum absolute atomic E-state index is 0.127. The van der Waals surface area contributed by atoms with Crippen LogP contribution in [0.5, 0.6) is 0 Å². The molecule has 0 radical (unpaired) electrons. The van der Waals surface area contributed by atoms with Crippen molar-refractivity contribution in [2.45, 2.75) is 205 Å². The molecule has 6 unspecified atom stereocenters. The lowest BCUT2D eigenvalue weighted by molar-refractivity contribution is -0.305. The van der Waals surface area contributed by atoms with E-state index in [2.05, 4.69) is 98.9 Å². The summed E-state index contributed by atoms with van der Waals surface area (Å²) in [4.78, 5) is 12.8. The molecule has 0 spiro atoms. The first-order chi connectivity index (χ1) is 29.4. The summed E-state index contributed by atoms with van der Waals surface area (Å²) in [5, 5.41) is 40.2. The predicted octanol–water partition coefficient (Wildman–Crippen LogP) is 11.0. The first-order valence-corrected chi connectivity index (χ1v) is 23.7. The van der Waals surface area contributed by atoms with E-state index in [-0.39, 0.29) is 19.2 Å². The Morgan fingerprint density at radius 2 is 0.967 bits per heavy atom. The second-order valence-corrected chi connectivity index (χ2v) is 15.8. The molecule has 1 saturated heterocycles. The van der Waals surface area contributed by atoms with E-state index >= 15 is 0 Å². The molecule has 0 aromatic heterocycles. The molecule has 0 aromatic rings.